The summed E-state index contributed by atoms with van der Waals surface area (Å²) >= 11 is 6.21. The number of alkyl halides is 1. The van der Waals surface area contributed by atoms with Gasteiger partial charge in [0.1, 0.15) is 24.2 Å². The second-order valence-corrected chi connectivity index (χ2v) is 10.1. The standard InChI is InChI=1S/C28H26ClFN6O3/c1-15-4-6-22(29)23(33-15)10-26(38)25-9-20(30)13-35(25)27(39)14-36-24-7-5-18(19-11-31-17(3)32-12-19)8-21(24)28(34-36)16(2)37/h4-8,11-12,20,25H,9-10,13-14H2,1-3H3/t20-,25+/m1/s1. The lowest BCUT2D eigenvalue weighted by Gasteiger charge is -2.23. The lowest BCUT2D eigenvalue weighted by molar-refractivity contribution is -0.138. The van der Waals surface area contributed by atoms with Crippen molar-refractivity contribution in [3.63, 3.8) is 0 Å². The van der Waals surface area contributed by atoms with Gasteiger partial charge in [0.25, 0.3) is 0 Å². The van der Waals surface area contributed by atoms with E-state index in [9.17, 15) is 18.8 Å². The Bertz CT molecular complexity index is 1600. The number of aromatic nitrogens is 5. The van der Waals surface area contributed by atoms with E-state index in [2.05, 4.69) is 20.1 Å². The van der Waals surface area contributed by atoms with Gasteiger partial charge in [0.2, 0.25) is 5.91 Å². The molecule has 5 rings (SSSR count). The monoisotopic (exact) mass is 548 g/mol. The molecule has 1 aliphatic heterocycles. The normalized spacial score (nSPS) is 17.1. The number of rotatable bonds is 7. The third-order valence-electron chi connectivity index (χ3n) is 6.82. The summed E-state index contributed by atoms with van der Waals surface area (Å²) in [6.07, 6.45) is 1.87. The number of aryl methyl sites for hydroxylation is 2. The molecule has 4 heterocycles. The highest BCUT2D eigenvalue weighted by Crippen LogP contribution is 2.28. The molecule has 0 N–H and O–H groups in total. The minimum Gasteiger partial charge on any atom is -0.328 e. The van der Waals surface area contributed by atoms with Crippen LogP contribution in [0.1, 0.15) is 41.0 Å². The SMILES string of the molecule is CC(=O)c1nn(CC(=O)N2C[C@H](F)C[C@H]2C(=O)Cc2nc(C)ccc2Cl)c2ccc(-c3cnc(C)nc3)cc12. The van der Waals surface area contributed by atoms with E-state index in [1.165, 1.54) is 16.5 Å². The van der Waals surface area contributed by atoms with Gasteiger partial charge in [-0.15, -0.1) is 0 Å². The average Bonchev–Trinajstić information content (AvgIpc) is 3.47. The Hall–Kier alpha value is -4.05. The number of fused-ring (bicyclic) bond motifs is 1. The molecule has 0 aliphatic carbocycles. The zero-order valence-electron chi connectivity index (χ0n) is 21.7. The Labute approximate surface area is 229 Å². The van der Waals surface area contributed by atoms with E-state index in [1.54, 1.807) is 44.4 Å². The van der Waals surface area contributed by atoms with E-state index in [4.69, 9.17) is 11.6 Å². The first kappa shape index (κ1) is 26.6. The lowest BCUT2D eigenvalue weighted by atomic mass is 10.0. The summed E-state index contributed by atoms with van der Waals surface area (Å²) in [5, 5.41) is 5.33. The van der Waals surface area contributed by atoms with Crippen molar-refractivity contribution in [1.29, 1.82) is 0 Å². The number of benzene rings is 1. The second-order valence-electron chi connectivity index (χ2n) is 9.73. The molecular formula is C28H26ClFN6O3. The molecule has 11 heteroatoms. The number of Topliss-reactive ketones (excluding diaryl/α,β-unsaturated/α-hetero) is 2. The maximum absolute atomic E-state index is 14.5. The molecule has 9 nitrogen and oxygen atoms in total. The molecule has 0 bridgehead atoms. The predicted molar refractivity (Wildman–Crippen MR) is 143 cm³/mol. The van der Waals surface area contributed by atoms with Crippen LogP contribution in [0.2, 0.25) is 5.02 Å². The number of amides is 1. The van der Waals surface area contributed by atoms with Crippen LogP contribution in [0.3, 0.4) is 0 Å². The topological polar surface area (TPSA) is 111 Å². The highest BCUT2D eigenvalue weighted by molar-refractivity contribution is 6.31. The van der Waals surface area contributed by atoms with Crippen LogP contribution in [0.15, 0.2) is 42.7 Å². The molecule has 1 saturated heterocycles. The second kappa shape index (κ2) is 10.6. The zero-order valence-corrected chi connectivity index (χ0v) is 22.4. The summed E-state index contributed by atoms with van der Waals surface area (Å²) < 4.78 is 15.9. The third-order valence-corrected chi connectivity index (χ3v) is 7.17. The van der Waals surface area contributed by atoms with E-state index >= 15 is 0 Å². The number of hydrogen-bond donors (Lipinski definition) is 0. The van der Waals surface area contributed by atoms with Gasteiger partial charge in [0.05, 0.1) is 35.2 Å². The van der Waals surface area contributed by atoms with Crippen molar-refractivity contribution in [2.75, 3.05) is 6.54 Å². The van der Waals surface area contributed by atoms with Crippen molar-refractivity contribution in [2.24, 2.45) is 0 Å². The largest absolute Gasteiger partial charge is 0.328 e. The van der Waals surface area contributed by atoms with Gasteiger partial charge in [0.15, 0.2) is 11.6 Å². The van der Waals surface area contributed by atoms with Gasteiger partial charge in [-0.1, -0.05) is 17.7 Å². The van der Waals surface area contributed by atoms with Crippen molar-refractivity contribution in [3.05, 3.63) is 70.7 Å². The molecule has 1 amide bonds. The maximum atomic E-state index is 14.5. The van der Waals surface area contributed by atoms with E-state index in [0.29, 0.717) is 33.1 Å². The van der Waals surface area contributed by atoms with Gasteiger partial charge in [-0.3, -0.25) is 24.0 Å². The Balaban J connectivity index is 1.41. The first-order chi connectivity index (χ1) is 18.6. The van der Waals surface area contributed by atoms with Gasteiger partial charge < -0.3 is 4.90 Å². The van der Waals surface area contributed by atoms with Crippen molar-refractivity contribution in [1.82, 2.24) is 29.6 Å². The van der Waals surface area contributed by atoms with Crippen LogP contribution in [-0.4, -0.2) is 65.9 Å². The predicted octanol–water partition coefficient (Wildman–Crippen LogP) is 4.11. The summed E-state index contributed by atoms with van der Waals surface area (Å²) in [7, 11) is 0. The molecule has 39 heavy (non-hydrogen) atoms. The molecule has 4 aromatic rings. The van der Waals surface area contributed by atoms with Crippen molar-refractivity contribution < 1.29 is 18.8 Å². The molecule has 2 atom stereocenters. The molecule has 1 fully saturated rings. The van der Waals surface area contributed by atoms with Gasteiger partial charge in [0, 0.05) is 42.4 Å². The van der Waals surface area contributed by atoms with E-state index in [0.717, 1.165) is 11.1 Å². The molecule has 200 valence electrons. The third kappa shape index (κ3) is 5.42. The molecule has 1 aromatic carbocycles. The number of ketones is 2. The number of nitrogens with zero attached hydrogens (tertiary/aromatic N) is 6. The lowest BCUT2D eigenvalue weighted by Crippen LogP contribution is -2.43. The molecule has 0 radical (unpaired) electrons. The van der Waals surface area contributed by atoms with Gasteiger partial charge in [-0.05, 0) is 43.7 Å². The van der Waals surface area contributed by atoms with E-state index in [-0.39, 0.29) is 43.2 Å². The zero-order chi connectivity index (χ0) is 27.8. The van der Waals surface area contributed by atoms with Gasteiger partial charge >= 0.3 is 0 Å². The summed E-state index contributed by atoms with van der Waals surface area (Å²) in [6.45, 7) is 4.54. The maximum Gasteiger partial charge on any atom is 0.245 e. The van der Waals surface area contributed by atoms with Crippen LogP contribution < -0.4 is 0 Å². The van der Waals surface area contributed by atoms with Crippen molar-refractivity contribution in [3.8, 4) is 11.1 Å². The summed E-state index contributed by atoms with van der Waals surface area (Å²) in [4.78, 5) is 53.0. The van der Waals surface area contributed by atoms with Crippen LogP contribution in [-0.2, 0) is 22.6 Å². The van der Waals surface area contributed by atoms with Crippen LogP contribution in [0.25, 0.3) is 22.0 Å². The van der Waals surface area contributed by atoms with Crippen molar-refractivity contribution >= 4 is 40.0 Å². The number of likely N-dealkylation sites (tertiary alicyclic amines) is 1. The fourth-order valence-corrected chi connectivity index (χ4v) is 5.04. The Morgan fingerprint density at radius 3 is 2.54 bits per heavy atom. The molecule has 3 aromatic heterocycles. The molecule has 0 spiro atoms. The van der Waals surface area contributed by atoms with E-state index < -0.39 is 18.1 Å². The molecule has 0 unspecified atom stereocenters. The quantitative estimate of drug-likeness (QED) is 0.319. The highest BCUT2D eigenvalue weighted by Gasteiger charge is 2.40. The fourth-order valence-electron chi connectivity index (χ4n) is 4.87. The minimum atomic E-state index is -1.33. The van der Waals surface area contributed by atoms with Gasteiger partial charge in [-0.25, -0.2) is 14.4 Å². The number of hydrogen-bond acceptors (Lipinski definition) is 7. The molecule has 0 saturated carbocycles. The average molecular weight is 549 g/mol. The number of pyridine rings is 1. The fraction of sp³-hybridized carbons (Fsp3) is 0.321. The smallest absolute Gasteiger partial charge is 0.245 e. The van der Waals surface area contributed by atoms with Crippen LogP contribution in [0, 0.1) is 13.8 Å². The number of halogens is 2. The Kier molecular flexibility index (Phi) is 7.22. The van der Waals surface area contributed by atoms with Crippen LogP contribution in [0.4, 0.5) is 4.39 Å². The van der Waals surface area contributed by atoms with E-state index in [1.807, 2.05) is 12.1 Å². The first-order valence-electron chi connectivity index (χ1n) is 12.5. The summed E-state index contributed by atoms with van der Waals surface area (Å²) in [5.74, 6) is -0.414. The summed E-state index contributed by atoms with van der Waals surface area (Å²) in [6, 6.07) is 7.88. The molecular weight excluding hydrogens is 523 g/mol. The Morgan fingerprint density at radius 2 is 1.82 bits per heavy atom. The first-order valence-corrected chi connectivity index (χ1v) is 12.9. The van der Waals surface area contributed by atoms with Gasteiger partial charge in [-0.2, -0.15) is 5.10 Å². The number of carbonyl (C=O) groups excluding carboxylic acids is 3. The van der Waals surface area contributed by atoms with Crippen LogP contribution in [0.5, 0.6) is 0 Å². The highest BCUT2D eigenvalue weighted by atomic mass is 35.5. The Morgan fingerprint density at radius 1 is 1.08 bits per heavy atom. The summed E-state index contributed by atoms with van der Waals surface area (Å²) in [5.41, 5.74) is 3.46. The van der Waals surface area contributed by atoms with Crippen LogP contribution >= 0.6 is 11.6 Å². The molecule has 1 aliphatic rings. The number of carbonyl (C=O) groups is 3. The minimum absolute atomic E-state index is 0.0888. The van der Waals surface area contributed by atoms with Crippen molar-refractivity contribution in [2.45, 2.75) is 52.4 Å².